The average molecular weight is 368 g/mol. The fourth-order valence-corrected chi connectivity index (χ4v) is 2.77. The molecule has 0 saturated carbocycles. The molecule has 142 valence electrons. The summed E-state index contributed by atoms with van der Waals surface area (Å²) in [7, 11) is 3.99. The van der Waals surface area contributed by atoms with Gasteiger partial charge < -0.3 is 10.2 Å². The lowest BCUT2D eigenvalue weighted by molar-refractivity contribution is 0.102. The normalized spacial score (nSPS) is 11.5. The van der Waals surface area contributed by atoms with Crippen LogP contribution in [-0.4, -0.2) is 51.0 Å². The zero-order valence-corrected chi connectivity index (χ0v) is 16.0. The number of carbonyl (C=O) groups excluding carboxylic acids is 1. The Labute approximate surface area is 157 Å². The SMILES string of the molecule is CC(C)n1nc(C(=O)Nc2cnn(CCN(C)C)c2)c2ccccc2c1=O. The summed E-state index contributed by atoms with van der Waals surface area (Å²) < 4.78 is 3.12. The molecule has 3 rings (SSSR count). The summed E-state index contributed by atoms with van der Waals surface area (Å²) in [5.41, 5.74) is 0.612. The minimum absolute atomic E-state index is 0.151. The van der Waals surface area contributed by atoms with Gasteiger partial charge in [-0.2, -0.15) is 10.2 Å². The van der Waals surface area contributed by atoms with Crippen LogP contribution in [0.2, 0.25) is 0 Å². The van der Waals surface area contributed by atoms with Crippen LogP contribution in [0.4, 0.5) is 5.69 Å². The van der Waals surface area contributed by atoms with Gasteiger partial charge in [-0.15, -0.1) is 0 Å². The van der Waals surface area contributed by atoms with Crippen LogP contribution in [0, 0.1) is 0 Å². The number of amides is 1. The first-order valence-electron chi connectivity index (χ1n) is 8.87. The fraction of sp³-hybridized carbons (Fsp3) is 0.368. The highest BCUT2D eigenvalue weighted by molar-refractivity contribution is 6.11. The summed E-state index contributed by atoms with van der Waals surface area (Å²) in [6.07, 6.45) is 3.39. The lowest BCUT2D eigenvalue weighted by atomic mass is 10.1. The molecule has 0 fully saturated rings. The van der Waals surface area contributed by atoms with Crippen LogP contribution < -0.4 is 10.9 Å². The molecule has 0 radical (unpaired) electrons. The van der Waals surface area contributed by atoms with Gasteiger partial charge in [0.1, 0.15) is 0 Å². The molecular weight excluding hydrogens is 344 g/mol. The first-order valence-corrected chi connectivity index (χ1v) is 8.87. The van der Waals surface area contributed by atoms with Crippen LogP contribution in [0.15, 0.2) is 41.5 Å². The summed E-state index contributed by atoms with van der Waals surface area (Å²) in [6, 6.07) is 6.88. The molecule has 1 N–H and O–H groups in total. The molecule has 0 atom stereocenters. The van der Waals surface area contributed by atoms with E-state index in [1.165, 1.54) is 4.68 Å². The molecule has 1 aromatic carbocycles. The number of nitrogens with one attached hydrogen (secondary N) is 1. The molecule has 0 aliphatic carbocycles. The Bertz CT molecular complexity index is 1020. The van der Waals surface area contributed by atoms with E-state index in [4.69, 9.17) is 0 Å². The van der Waals surface area contributed by atoms with Gasteiger partial charge in [-0.25, -0.2) is 4.68 Å². The van der Waals surface area contributed by atoms with E-state index in [1.54, 1.807) is 41.3 Å². The summed E-state index contributed by atoms with van der Waals surface area (Å²) in [5.74, 6) is -0.368. The predicted octanol–water partition coefficient (Wildman–Crippen LogP) is 1.99. The number of benzene rings is 1. The number of fused-ring (bicyclic) bond motifs is 1. The average Bonchev–Trinajstić information content (AvgIpc) is 3.07. The third-order valence-electron chi connectivity index (χ3n) is 4.20. The van der Waals surface area contributed by atoms with Gasteiger partial charge >= 0.3 is 0 Å². The lowest BCUT2D eigenvalue weighted by Gasteiger charge is -2.13. The highest BCUT2D eigenvalue weighted by atomic mass is 16.2. The van der Waals surface area contributed by atoms with Gasteiger partial charge in [-0.05, 0) is 34.0 Å². The highest BCUT2D eigenvalue weighted by Gasteiger charge is 2.18. The van der Waals surface area contributed by atoms with E-state index in [0.717, 1.165) is 13.1 Å². The van der Waals surface area contributed by atoms with E-state index in [2.05, 4.69) is 20.4 Å². The summed E-state index contributed by atoms with van der Waals surface area (Å²) in [5, 5.41) is 12.4. The molecule has 0 spiro atoms. The molecule has 8 heteroatoms. The van der Waals surface area contributed by atoms with Crippen molar-refractivity contribution in [2.45, 2.75) is 26.4 Å². The molecular formula is C19H24N6O2. The number of nitrogens with zero attached hydrogens (tertiary/aromatic N) is 5. The second-order valence-electron chi connectivity index (χ2n) is 6.99. The number of likely N-dealkylation sites (N-methyl/N-ethyl adjacent to an activating group) is 1. The maximum Gasteiger partial charge on any atom is 0.276 e. The number of anilines is 1. The zero-order chi connectivity index (χ0) is 19.6. The van der Waals surface area contributed by atoms with Gasteiger partial charge in [0.25, 0.3) is 11.5 Å². The molecule has 8 nitrogen and oxygen atoms in total. The summed E-state index contributed by atoms with van der Waals surface area (Å²) in [4.78, 5) is 27.5. The molecule has 0 saturated heterocycles. The van der Waals surface area contributed by atoms with Crippen molar-refractivity contribution in [3.63, 3.8) is 0 Å². The van der Waals surface area contributed by atoms with Crippen molar-refractivity contribution >= 4 is 22.4 Å². The Hall–Kier alpha value is -3.00. The van der Waals surface area contributed by atoms with Crippen molar-refractivity contribution in [3.05, 3.63) is 52.7 Å². The van der Waals surface area contributed by atoms with Crippen LogP contribution in [-0.2, 0) is 6.54 Å². The summed E-state index contributed by atoms with van der Waals surface area (Å²) in [6.45, 7) is 5.29. The van der Waals surface area contributed by atoms with E-state index in [0.29, 0.717) is 16.5 Å². The third kappa shape index (κ3) is 4.06. The molecule has 0 aliphatic heterocycles. The van der Waals surface area contributed by atoms with Crippen LogP contribution >= 0.6 is 0 Å². The molecule has 3 aromatic rings. The molecule has 27 heavy (non-hydrogen) atoms. The van der Waals surface area contributed by atoms with Crippen LogP contribution in [0.5, 0.6) is 0 Å². The number of carbonyl (C=O) groups is 1. The maximum atomic E-state index is 12.9. The van der Waals surface area contributed by atoms with Gasteiger partial charge in [0.15, 0.2) is 5.69 Å². The monoisotopic (exact) mass is 368 g/mol. The lowest BCUT2D eigenvalue weighted by Crippen LogP contribution is -2.28. The minimum atomic E-state index is -0.368. The van der Waals surface area contributed by atoms with Crippen molar-refractivity contribution in [1.82, 2.24) is 24.5 Å². The van der Waals surface area contributed by atoms with Gasteiger partial charge in [-0.1, -0.05) is 18.2 Å². The molecule has 0 bridgehead atoms. The third-order valence-corrected chi connectivity index (χ3v) is 4.20. The Kier molecular flexibility index (Phi) is 5.36. The van der Waals surface area contributed by atoms with Crippen molar-refractivity contribution < 1.29 is 4.79 Å². The topological polar surface area (TPSA) is 85.1 Å². The number of hydrogen-bond donors (Lipinski definition) is 1. The van der Waals surface area contributed by atoms with Gasteiger partial charge in [0.2, 0.25) is 0 Å². The van der Waals surface area contributed by atoms with Crippen molar-refractivity contribution in [2.75, 3.05) is 26.0 Å². The first kappa shape index (κ1) is 18.8. The first-order chi connectivity index (χ1) is 12.9. The van der Waals surface area contributed by atoms with Gasteiger partial charge in [-0.3, -0.25) is 14.3 Å². The quantitative estimate of drug-likeness (QED) is 0.719. The Morgan fingerprint density at radius 3 is 2.59 bits per heavy atom. The second-order valence-corrected chi connectivity index (χ2v) is 6.99. The molecule has 2 aromatic heterocycles. The van der Waals surface area contributed by atoms with E-state index in [1.807, 2.05) is 27.9 Å². The fourth-order valence-electron chi connectivity index (χ4n) is 2.77. The number of rotatable bonds is 6. The Morgan fingerprint density at radius 2 is 1.93 bits per heavy atom. The van der Waals surface area contributed by atoms with Crippen LogP contribution in [0.3, 0.4) is 0 Å². The minimum Gasteiger partial charge on any atom is -0.318 e. The van der Waals surface area contributed by atoms with E-state index < -0.39 is 0 Å². The predicted molar refractivity (Wildman–Crippen MR) is 105 cm³/mol. The van der Waals surface area contributed by atoms with Crippen LogP contribution in [0.1, 0.15) is 30.4 Å². The Morgan fingerprint density at radius 1 is 1.22 bits per heavy atom. The van der Waals surface area contributed by atoms with E-state index in [-0.39, 0.29) is 23.2 Å². The van der Waals surface area contributed by atoms with Crippen molar-refractivity contribution in [3.8, 4) is 0 Å². The van der Waals surface area contributed by atoms with Gasteiger partial charge in [0, 0.05) is 18.1 Å². The van der Waals surface area contributed by atoms with E-state index >= 15 is 0 Å². The zero-order valence-electron chi connectivity index (χ0n) is 16.0. The maximum absolute atomic E-state index is 12.9. The van der Waals surface area contributed by atoms with E-state index in [9.17, 15) is 9.59 Å². The molecule has 1 amide bonds. The molecule has 2 heterocycles. The second kappa shape index (κ2) is 7.71. The highest BCUT2D eigenvalue weighted by Crippen LogP contribution is 2.16. The number of aromatic nitrogens is 4. The standard InChI is InChI=1S/C19H24N6O2/c1-13(2)25-19(27)16-8-6-5-7-15(16)17(22-25)18(26)21-14-11-20-24(12-14)10-9-23(3)4/h5-8,11-13H,9-10H2,1-4H3,(H,21,26). The van der Waals surface area contributed by atoms with Crippen LogP contribution in [0.25, 0.3) is 10.8 Å². The Balaban J connectivity index is 1.92. The molecule has 0 unspecified atom stereocenters. The smallest absolute Gasteiger partial charge is 0.276 e. The number of hydrogen-bond acceptors (Lipinski definition) is 5. The van der Waals surface area contributed by atoms with Crippen molar-refractivity contribution in [2.24, 2.45) is 0 Å². The molecule has 0 aliphatic rings. The van der Waals surface area contributed by atoms with Gasteiger partial charge in [0.05, 0.1) is 29.9 Å². The largest absolute Gasteiger partial charge is 0.318 e. The summed E-state index contributed by atoms with van der Waals surface area (Å²) >= 11 is 0. The van der Waals surface area contributed by atoms with Crippen molar-refractivity contribution in [1.29, 1.82) is 0 Å².